The van der Waals surface area contributed by atoms with Gasteiger partial charge in [-0.25, -0.2) is 0 Å². The topological polar surface area (TPSA) is 57.2 Å². The third-order valence-electron chi connectivity index (χ3n) is 3.55. The van der Waals surface area contributed by atoms with Crippen LogP contribution in [0.2, 0.25) is 0 Å². The lowest BCUT2D eigenvalue weighted by atomic mass is 9.94. The molecule has 1 N–H and O–H groups in total. The largest absolute Gasteiger partial charge is 0.504 e. The van der Waals surface area contributed by atoms with Crippen molar-refractivity contribution in [2.75, 3.05) is 33.5 Å². The molecular weight excluding hydrogens is 236 g/mol. The molecule has 0 atom stereocenters. The lowest BCUT2D eigenvalue weighted by Crippen LogP contribution is -2.43. The van der Waals surface area contributed by atoms with Crippen LogP contribution in [0.1, 0.15) is 0 Å². The quantitative estimate of drug-likeness (QED) is 0.875. The summed E-state index contributed by atoms with van der Waals surface area (Å²) in [6.45, 7) is 2.44. The van der Waals surface area contributed by atoms with E-state index >= 15 is 0 Å². The highest BCUT2D eigenvalue weighted by Gasteiger charge is 2.51. The Hall–Kier alpha value is -1.46. The number of ether oxygens (including phenoxy) is 4. The van der Waals surface area contributed by atoms with Gasteiger partial charge in [0.25, 0.3) is 0 Å². The monoisotopic (exact) mass is 252 g/mol. The highest BCUT2D eigenvalue weighted by Crippen LogP contribution is 2.38. The zero-order chi connectivity index (χ0) is 12.6. The molecule has 0 radical (unpaired) electrons. The maximum atomic E-state index is 9.55. The molecule has 1 aromatic carbocycles. The molecule has 0 unspecified atom stereocenters. The molecule has 2 aliphatic heterocycles. The van der Waals surface area contributed by atoms with Gasteiger partial charge in [-0.15, -0.1) is 0 Å². The van der Waals surface area contributed by atoms with Crippen molar-refractivity contribution in [2.45, 2.75) is 5.60 Å². The standard InChI is InChI=1S/C13H16O5/c1-15-12-4-10(2-3-11(12)14)18-13-7-16-5-9(13)6-17-8-13/h2-4,9,14H,5-8H2,1H3. The second-order valence-electron chi connectivity index (χ2n) is 4.73. The lowest BCUT2D eigenvalue weighted by Gasteiger charge is -2.27. The van der Waals surface area contributed by atoms with Crippen molar-refractivity contribution < 1.29 is 24.1 Å². The van der Waals surface area contributed by atoms with E-state index in [1.807, 2.05) is 0 Å². The number of methoxy groups -OCH3 is 1. The van der Waals surface area contributed by atoms with Gasteiger partial charge in [-0.2, -0.15) is 0 Å². The number of fused-ring (bicyclic) bond motifs is 1. The number of rotatable bonds is 3. The summed E-state index contributed by atoms with van der Waals surface area (Å²) in [6, 6.07) is 4.96. The Morgan fingerprint density at radius 1 is 1.28 bits per heavy atom. The smallest absolute Gasteiger partial charge is 0.164 e. The van der Waals surface area contributed by atoms with E-state index in [1.165, 1.54) is 7.11 Å². The molecule has 0 spiro atoms. The van der Waals surface area contributed by atoms with Crippen molar-refractivity contribution in [3.8, 4) is 17.2 Å². The van der Waals surface area contributed by atoms with Gasteiger partial charge in [-0.05, 0) is 12.1 Å². The third kappa shape index (κ3) is 1.79. The molecule has 0 aromatic heterocycles. The minimum Gasteiger partial charge on any atom is -0.504 e. The Morgan fingerprint density at radius 3 is 2.67 bits per heavy atom. The van der Waals surface area contributed by atoms with Crippen LogP contribution in [-0.2, 0) is 9.47 Å². The maximum Gasteiger partial charge on any atom is 0.164 e. The van der Waals surface area contributed by atoms with E-state index < -0.39 is 0 Å². The Bertz CT molecular complexity index is 435. The molecule has 0 bridgehead atoms. The first-order chi connectivity index (χ1) is 8.73. The van der Waals surface area contributed by atoms with Gasteiger partial charge in [0.05, 0.1) is 39.5 Å². The molecule has 5 nitrogen and oxygen atoms in total. The molecule has 3 rings (SSSR count). The van der Waals surface area contributed by atoms with Gasteiger partial charge in [-0.3, -0.25) is 0 Å². The average Bonchev–Trinajstić information content (AvgIpc) is 2.90. The van der Waals surface area contributed by atoms with Crippen LogP contribution in [0.25, 0.3) is 0 Å². The Labute approximate surface area is 105 Å². The van der Waals surface area contributed by atoms with Crippen molar-refractivity contribution in [2.24, 2.45) is 5.92 Å². The fourth-order valence-corrected chi connectivity index (χ4v) is 2.48. The minimum absolute atomic E-state index is 0.101. The van der Waals surface area contributed by atoms with Gasteiger partial charge in [0.2, 0.25) is 0 Å². The summed E-state index contributed by atoms with van der Waals surface area (Å²) in [7, 11) is 1.51. The molecule has 98 valence electrons. The van der Waals surface area contributed by atoms with Crippen molar-refractivity contribution in [3.63, 3.8) is 0 Å². The predicted octanol–water partition coefficient (Wildman–Crippen LogP) is 1.19. The summed E-state index contributed by atoms with van der Waals surface area (Å²) in [5, 5.41) is 9.55. The summed E-state index contributed by atoms with van der Waals surface area (Å²) >= 11 is 0. The molecule has 0 aliphatic carbocycles. The van der Waals surface area contributed by atoms with Gasteiger partial charge < -0.3 is 24.1 Å². The highest BCUT2D eigenvalue weighted by atomic mass is 16.6. The average molecular weight is 252 g/mol. The number of hydrogen-bond acceptors (Lipinski definition) is 5. The summed E-state index contributed by atoms with van der Waals surface area (Å²) < 4.78 is 22.1. The number of hydrogen-bond donors (Lipinski definition) is 1. The second kappa shape index (κ2) is 4.33. The number of phenolic OH excluding ortho intramolecular Hbond substituents is 1. The summed E-state index contributed by atoms with van der Waals surface area (Å²) in [5.41, 5.74) is -0.387. The van der Waals surface area contributed by atoms with Crippen LogP contribution in [-0.4, -0.2) is 44.2 Å². The third-order valence-corrected chi connectivity index (χ3v) is 3.55. The lowest BCUT2D eigenvalue weighted by molar-refractivity contribution is 0.0166. The maximum absolute atomic E-state index is 9.55. The van der Waals surface area contributed by atoms with Gasteiger partial charge >= 0.3 is 0 Å². The Morgan fingerprint density at radius 2 is 2.00 bits per heavy atom. The molecule has 0 amide bonds. The van der Waals surface area contributed by atoms with Crippen molar-refractivity contribution >= 4 is 0 Å². The van der Waals surface area contributed by atoms with Crippen LogP contribution in [0.3, 0.4) is 0 Å². The van der Waals surface area contributed by atoms with Gasteiger partial charge in [-0.1, -0.05) is 0 Å². The van der Waals surface area contributed by atoms with Crippen LogP contribution in [0.4, 0.5) is 0 Å². The molecule has 1 aromatic rings. The first-order valence-electron chi connectivity index (χ1n) is 5.95. The van der Waals surface area contributed by atoms with Crippen molar-refractivity contribution in [3.05, 3.63) is 18.2 Å². The Balaban J connectivity index is 1.84. The summed E-state index contributed by atoms with van der Waals surface area (Å²) in [6.07, 6.45) is 0. The number of benzene rings is 1. The van der Waals surface area contributed by atoms with Crippen LogP contribution < -0.4 is 9.47 Å². The van der Waals surface area contributed by atoms with E-state index in [9.17, 15) is 5.11 Å². The molecular formula is C13H16O5. The van der Waals surface area contributed by atoms with Crippen molar-refractivity contribution in [1.29, 1.82) is 0 Å². The predicted molar refractivity (Wildman–Crippen MR) is 63.1 cm³/mol. The van der Waals surface area contributed by atoms with Gasteiger partial charge in [0.15, 0.2) is 17.1 Å². The minimum atomic E-state index is -0.387. The van der Waals surface area contributed by atoms with E-state index in [1.54, 1.807) is 18.2 Å². The van der Waals surface area contributed by atoms with Gasteiger partial charge in [0.1, 0.15) is 5.75 Å². The number of aromatic hydroxyl groups is 1. The molecule has 2 saturated heterocycles. The first-order valence-corrected chi connectivity index (χ1v) is 5.95. The molecule has 5 heteroatoms. The fourth-order valence-electron chi connectivity index (χ4n) is 2.48. The normalized spacial score (nSPS) is 30.2. The van der Waals surface area contributed by atoms with Crippen LogP contribution in [0, 0.1) is 5.92 Å². The van der Waals surface area contributed by atoms with Crippen LogP contribution >= 0.6 is 0 Å². The van der Waals surface area contributed by atoms with Gasteiger partial charge in [0, 0.05) is 6.07 Å². The first kappa shape index (κ1) is 11.6. The molecule has 2 heterocycles. The van der Waals surface area contributed by atoms with Crippen molar-refractivity contribution in [1.82, 2.24) is 0 Å². The second-order valence-corrected chi connectivity index (χ2v) is 4.73. The number of phenols is 1. The Kier molecular flexibility index (Phi) is 2.80. The molecule has 2 aliphatic rings. The summed E-state index contributed by atoms with van der Waals surface area (Å²) in [4.78, 5) is 0. The van der Waals surface area contributed by atoms with E-state index in [0.717, 1.165) is 0 Å². The summed E-state index contributed by atoms with van der Waals surface area (Å²) in [5.74, 6) is 1.44. The molecule has 2 fully saturated rings. The zero-order valence-corrected chi connectivity index (χ0v) is 10.2. The van der Waals surface area contributed by atoms with E-state index in [-0.39, 0.29) is 17.3 Å². The van der Waals surface area contributed by atoms with E-state index in [2.05, 4.69) is 0 Å². The zero-order valence-electron chi connectivity index (χ0n) is 10.2. The molecule has 18 heavy (non-hydrogen) atoms. The SMILES string of the molecule is COc1cc(OC23COCC2COC3)ccc1O. The molecule has 0 saturated carbocycles. The van der Waals surface area contributed by atoms with E-state index in [4.69, 9.17) is 18.9 Å². The van der Waals surface area contributed by atoms with E-state index in [0.29, 0.717) is 37.9 Å². The fraction of sp³-hybridized carbons (Fsp3) is 0.538. The van der Waals surface area contributed by atoms with Crippen LogP contribution in [0.15, 0.2) is 18.2 Å². The van der Waals surface area contributed by atoms with Crippen LogP contribution in [0.5, 0.6) is 17.2 Å². The highest BCUT2D eigenvalue weighted by molar-refractivity contribution is 5.44.